The Balaban J connectivity index is 1.74. The summed E-state index contributed by atoms with van der Waals surface area (Å²) in [7, 11) is 3.34. The monoisotopic (exact) mass is 424 g/mol. The first-order chi connectivity index (χ1) is 15.0. The Kier molecular flexibility index (Phi) is 7.60. The van der Waals surface area contributed by atoms with E-state index in [1.54, 1.807) is 24.0 Å². The minimum Gasteiger partial charge on any atom is -0.481 e. The van der Waals surface area contributed by atoms with Gasteiger partial charge < -0.3 is 14.5 Å². The quantitative estimate of drug-likeness (QED) is 0.639. The molecule has 0 saturated carbocycles. The molecule has 0 aliphatic heterocycles. The summed E-state index contributed by atoms with van der Waals surface area (Å²) in [5, 5.41) is 0. The lowest BCUT2D eigenvalue weighted by Crippen LogP contribution is -2.43. The Labute approximate surface area is 184 Å². The molecule has 0 fully saturated rings. The van der Waals surface area contributed by atoms with Crippen molar-refractivity contribution in [3.63, 3.8) is 0 Å². The van der Waals surface area contributed by atoms with E-state index in [1.807, 2.05) is 44.2 Å². The molecule has 1 aromatic carbocycles. The number of aryl methyl sites for hydroxylation is 1. The van der Waals surface area contributed by atoms with Gasteiger partial charge in [0.25, 0.3) is 0 Å². The van der Waals surface area contributed by atoms with Crippen LogP contribution in [-0.4, -0.2) is 65.4 Å². The van der Waals surface area contributed by atoms with Crippen molar-refractivity contribution in [1.82, 2.24) is 19.8 Å². The third kappa shape index (κ3) is 5.21. The largest absolute Gasteiger partial charge is 0.481 e. The molecule has 1 aliphatic carbocycles. The number of carbonyl (C=O) groups excluding carboxylic acids is 2. The summed E-state index contributed by atoms with van der Waals surface area (Å²) in [6.07, 6.45) is 2.76. The standard InChI is InChI=1S/C24H32N4O3/c1-5-28(6-2)21(29)16-27(3)24(30)18-12-14-19-20(15-13-18)25-22(26-23(19)31-4)17-10-8-7-9-11-17/h7-11,18H,5-6,12-16H2,1-4H3. The Morgan fingerprint density at radius 2 is 1.74 bits per heavy atom. The highest BCUT2D eigenvalue weighted by Gasteiger charge is 2.29. The lowest BCUT2D eigenvalue weighted by atomic mass is 9.98. The van der Waals surface area contributed by atoms with E-state index in [1.165, 1.54) is 0 Å². The summed E-state index contributed by atoms with van der Waals surface area (Å²) < 4.78 is 5.58. The van der Waals surface area contributed by atoms with Gasteiger partial charge >= 0.3 is 0 Å². The van der Waals surface area contributed by atoms with Crippen LogP contribution in [0, 0.1) is 5.92 Å². The summed E-state index contributed by atoms with van der Waals surface area (Å²) in [6, 6.07) is 9.84. The van der Waals surface area contributed by atoms with Crippen molar-refractivity contribution in [3.8, 4) is 17.3 Å². The van der Waals surface area contributed by atoms with Gasteiger partial charge in [0.15, 0.2) is 5.82 Å². The first kappa shape index (κ1) is 22.7. The van der Waals surface area contributed by atoms with Crippen LogP contribution in [0.4, 0.5) is 0 Å². The zero-order valence-corrected chi connectivity index (χ0v) is 18.9. The number of benzene rings is 1. The first-order valence-electron chi connectivity index (χ1n) is 11.0. The Morgan fingerprint density at radius 1 is 1.06 bits per heavy atom. The molecule has 31 heavy (non-hydrogen) atoms. The molecule has 1 atom stereocenters. The number of ether oxygens (including phenoxy) is 1. The second-order valence-corrected chi connectivity index (χ2v) is 7.88. The summed E-state index contributed by atoms with van der Waals surface area (Å²) in [6.45, 7) is 5.32. The fourth-order valence-corrected chi connectivity index (χ4v) is 4.14. The Hall–Kier alpha value is -2.96. The molecule has 1 heterocycles. The van der Waals surface area contributed by atoms with Crippen LogP contribution in [0.5, 0.6) is 5.88 Å². The number of carbonyl (C=O) groups is 2. The second-order valence-electron chi connectivity index (χ2n) is 7.88. The predicted molar refractivity (Wildman–Crippen MR) is 120 cm³/mol. The smallest absolute Gasteiger partial charge is 0.242 e. The SMILES string of the molecule is CCN(CC)C(=O)CN(C)C(=O)C1CCc2nc(-c3ccccc3)nc(OC)c2CC1. The molecule has 0 spiro atoms. The average Bonchev–Trinajstić information content (AvgIpc) is 3.02. The molecule has 166 valence electrons. The van der Waals surface area contributed by atoms with Crippen molar-refractivity contribution in [2.45, 2.75) is 39.5 Å². The van der Waals surface area contributed by atoms with E-state index in [2.05, 4.69) is 4.98 Å². The lowest BCUT2D eigenvalue weighted by molar-refractivity contribution is -0.141. The maximum absolute atomic E-state index is 13.1. The first-order valence-corrected chi connectivity index (χ1v) is 11.0. The van der Waals surface area contributed by atoms with Gasteiger partial charge in [0.1, 0.15) is 0 Å². The molecular formula is C24H32N4O3. The van der Waals surface area contributed by atoms with Crippen LogP contribution in [0.3, 0.4) is 0 Å². The summed E-state index contributed by atoms with van der Waals surface area (Å²) in [4.78, 5) is 38.2. The van der Waals surface area contributed by atoms with Gasteiger partial charge in [0, 0.05) is 37.2 Å². The summed E-state index contributed by atoms with van der Waals surface area (Å²) >= 11 is 0. The molecule has 7 heteroatoms. The zero-order valence-electron chi connectivity index (χ0n) is 18.9. The fraction of sp³-hybridized carbons (Fsp3) is 0.500. The maximum atomic E-state index is 13.1. The van der Waals surface area contributed by atoms with Crippen molar-refractivity contribution in [2.75, 3.05) is 33.8 Å². The predicted octanol–water partition coefficient (Wildman–Crippen LogP) is 2.97. The number of hydrogen-bond acceptors (Lipinski definition) is 5. The molecule has 3 rings (SSSR count). The third-order valence-electron chi connectivity index (χ3n) is 5.97. The van der Waals surface area contributed by atoms with Gasteiger partial charge in [-0.1, -0.05) is 30.3 Å². The van der Waals surface area contributed by atoms with Crippen LogP contribution in [0.1, 0.15) is 37.9 Å². The normalized spacial score (nSPS) is 15.5. The van der Waals surface area contributed by atoms with Gasteiger partial charge in [0.2, 0.25) is 17.7 Å². The third-order valence-corrected chi connectivity index (χ3v) is 5.97. The number of rotatable bonds is 7. The number of aromatic nitrogens is 2. The molecule has 7 nitrogen and oxygen atoms in total. The van der Waals surface area contributed by atoms with Crippen molar-refractivity contribution in [3.05, 3.63) is 41.6 Å². The number of fused-ring (bicyclic) bond motifs is 1. The van der Waals surface area contributed by atoms with Crippen molar-refractivity contribution in [2.24, 2.45) is 5.92 Å². The van der Waals surface area contributed by atoms with Crippen LogP contribution in [0.2, 0.25) is 0 Å². The second kappa shape index (κ2) is 10.4. The minimum atomic E-state index is -0.145. The lowest BCUT2D eigenvalue weighted by Gasteiger charge is -2.26. The van der Waals surface area contributed by atoms with E-state index in [0.29, 0.717) is 50.5 Å². The van der Waals surface area contributed by atoms with Crippen molar-refractivity contribution < 1.29 is 14.3 Å². The van der Waals surface area contributed by atoms with Crippen LogP contribution in [0.25, 0.3) is 11.4 Å². The van der Waals surface area contributed by atoms with Gasteiger partial charge in [0.05, 0.1) is 19.3 Å². The highest BCUT2D eigenvalue weighted by molar-refractivity contribution is 5.85. The Bertz CT molecular complexity index is 913. The summed E-state index contributed by atoms with van der Waals surface area (Å²) in [5.41, 5.74) is 2.87. The average molecular weight is 425 g/mol. The molecule has 1 aromatic heterocycles. The highest BCUT2D eigenvalue weighted by Crippen LogP contribution is 2.31. The number of likely N-dealkylation sites (N-methyl/N-ethyl adjacent to an activating group) is 2. The summed E-state index contributed by atoms with van der Waals surface area (Å²) in [5.74, 6) is 1.08. The van der Waals surface area contributed by atoms with E-state index in [0.717, 1.165) is 16.8 Å². The number of methoxy groups -OCH3 is 1. The van der Waals surface area contributed by atoms with Crippen molar-refractivity contribution >= 4 is 11.8 Å². The number of nitrogens with zero attached hydrogens (tertiary/aromatic N) is 4. The van der Waals surface area contributed by atoms with Gasteiger partial charge in [-0.2, -0.15) is 4.98 Å². The fourth-order valence-electron chi connectivity index (χ4n) is 4.14. The van der Waals surface area contributed by atoms with Gasteiger partial charge in [-0.05, 0) is 39.5 Å². The Morgan fingerprint density at radius 3 is 2.39 bits per heavy atom. The van der Waals surface area contributed by atoms with Gasteiger partial charge in [-0.3, -0.25) is 9.59 Å². The van der Waals surface area contributed by atoms with E-state index in [9.17, 15) is 9.59 Å². The zero-order chi connectivity index (χ0) is 22.4. The van der Waals surface area contributed by atoms with Crippen LogP contribution < -0.4 is 4.74 Å². The molecular weight excluding hydrogens is 392 g/mol. The molecule has 2 amide bonds. The highest BCUT2D eigenvalue weighted by atomic mass is 16.5. The van der Waals surface area contributed by atoms with Crippen LogP contribution in [-0.2, 0) is 22.4 Å². The van der Waals surface area contributed by atoms with Gasteiger partial charge in [-0.15, -0.1) is 0 Å². The number of hydrogen-bond donors (Lipinski definition) is 0. The van der Waals surface area contributed by atoms with E-state index >= 15 is 0 Å². The molecule has 1 aliphatic rings. The molecule has 0 bridgehead atoms. The van der Waals surface area contributed by atoms with Crippen LogP contribution >= 0.6 is 0 Å². The van der Waals surface area contributed by atoms with Gasteiger partial charge in [-0.25, -0.2) is 4.98 Å². The maximum Gasteiger partial charge on any atom is 0.242 e. The minimum absolute atomic E-state index is 0.0159. The van der Waals surface area contributed by atoms with E-state index in [4.69, 9.17) is 9.72 Å². The van der Waals surface area contributed by atoms with Crippen molar-refractivity contribution in [1.29, 1.82) is 0 Å². The molecule has 0 N–H and O–H groups in total. The molecule has 2 aromatic rings. The van der Waals surface area contributed by atoms with E-state index < -0.39 is 0 Å². The van der Waals surface area contributed by atoms with E-state index in [-0.39, 0.29) is 24.3 Å². The molecule has 0 radical (unpaired) electrons. The molecule has 0 saturated heterocycles. The molecule has 1 unspecified atom stereocenters. The van der Waals surface area contributed by atoms with Crippen LogP contribution in [0.15, 0.2) is 30.3 Å². The number of amides is 2. The topological polar surface area (TPSA) is 75.6 Å².